The van der Waals surface area contributed by atoms with Crippen molar-refractivity contribution in [2.45, 2.75) is 11.8 Å². The number of nitrogens with zero attached hydrogens (tertiary/aromatic N) is 1. The molecule has 2 nitrogen and oxygen atoms in total. The maximum atomic E-state index is 4.32. The number of aliphatic imine (C=N–C) groups is 1. The van der Waals surface area contributed by atoms with E-state index >= 15 is 0 Å². The summed E-state index contributed by atoms with van der Waals surface area (Å²) in [5.41, 5.74) is 2.19. The molecule has 0 unspecified atom stereocenters. The van der Waals surface area contributed by atoms with Crippen molar-refractivity contribution in [3.8, 4) is 0 Å². The smallest absolute Gasteiger partial charge is 0.0461 e. The number of allylic oxidation sites excluding steroid dienone is 1. The lowest BCUT2D eigenvalue weighted by molar-refractivity contribution is 1.45. The van der Waals surface area contributed by atoms with Crippen molar-refractivity contribution in [1.82, 2.24) is 4.98 Å². The Labute approximate surface area is 94.1 Å². The van der Waals surface area contributed by atoms with Crippen molar-refractivity contribution >= 4 is 29.7 Å². The van der Waals surface area contributed by atoms with Crippen molar-refractivity contribution in [1.29, 1.82) is 0 Å². The van der Waals surface area contributed by atoms with Crippen molar-refractivity contribution in [3.05, 3.63) is 42.2 Å². The molecule has 0 saturated carbocycles. The van der Waals surface area contributed by atoms with E-state index in [4.69, 9.17) is 0 Å². The van der Waals surface area contributed by atoms with Gasteiger partial charge in [-0.2, -0.15) is 0 Å². The Morgan fingerprint density at radius 1 is 1.40 bits per heavy atom. The van der Waals surface area contributed by atoms with E-state index in [1.165, 1.54) is 0 Å². The first-order valence-corrected chi connectivity index (χ1v) is 5.20. The quantitative estimate of drug-likeness (QED) is 0.569. The van der Waals surface area contributed by atoms with Gasteiger partial charge in [0.15, 0.2) is 0 Å². The van der Waals surface area contributed by atoms with Crippen molar-refractivity contribution in [2.24, 2.45) is 4.99 Å². The third-order valence-electron chi connectivity index (χ3n) is 2.15. The molecule has 76 valence electrons. The molecule has 0 bridgehead atoms. The zero-order chi connectivity index (χ0) is 10.7. The molecule has 0 saturated heterocycles. The minimum absolute atomic E-state index is 0.961. The number of rotatable bonds is 2. The van der Waals surface area contributed by atoms with Gasteiger partial charge >= 0.3 is 0 Å². The third kappa shape index (κ3) is 2.13. The molecular weight excluding hydrogens is 204 g/mol. The molecule has 1 N–H and O–H groups in total. The van der Waals surface area contributed by atoms with Gasteiger partial charge in [0.25, 0.3) is 0 Å². The maximum absolute atomic E-state index is 4.32. The fraction of sp³-hybridized carbons (Fsp3) is 0.0833. The van der Waals surface area contributed by atoms with Crippen molar-refractivity contribution < 1.29 is 0 Å². The topological polar surface area (TPSA) is 28.1 Å². The Balaban J connectivity index is 2.47. The number of hydrogen-bond donors (Lipinski definition) is 2. The number of H-pyrrole nitrogens is 1. The van der Waals surface area contributed by atoms with Gasteiger partial charge < -0.3 is 4.98 Å². The molecule has 1 heterocycles. The van der Waals surface area contributed by atoms with Crippen molar-refractivity contribution in [2.75, 3.05) is 0 Å². The van der Waals surface area contributed by atoms with Gasteiger partial charge in [-0.15, -0.1) is 12.6 Å². The average Bonchev–Trinajstić information content (AvgIpc) is 2.62. The standard InChI is InChI=1S/C12H12N2S/c1-2-5-13-7-9-8-14-12-4-3-10(15)6-11(9)12/h2-8,14-15H,1H3/b5-2+,13-7?. The Morgan fingerprint density at radius 3 is 3.07 bits per heavy atom. The third-order valence-corrected chi connectivity index (χ3v) is 2.42. The molecule has 0 radical (unpaired) electrons. The summed E-state index contributed by atoms with van der Waals surface area (Å²) in [7, 11) is 0. The highest BCUT2D eigenvalue weighted by atomic mass is 32.1. The summed E-state index contributed by atoms with van der Waals surface area (Å²) in [6.07, 6.45) is 7.45. The minimum Gasteiger partial charge on any atom is -0.361 e. The van der Waals surface area contributed by atoms with Crippen LogP contribution in [-0.2, 0) is 0 Å². The SMILES string of the molecule is C/C=C/N=Cc1c[nH]c2ccc(S)cc12. The van der Waals surface area contributed by atoms with Crippen LogP contribution in [0.15, 0.2) is 46.6 Å². The van der Waals surface area contributed by atoms with Gasteiger partial charge in [-0.25, -0.2) is 0 Å². The fourth-order valence-electron chi connectivity index (χ4n) is 1.45. The van der Waals surface area contributed by atoms with Crippen LogP contribution in [0.5, 0.6) is 0 Å². The molecule has 0 aliphatic rings. The van der Waals surface area contributed by atoms with Crippen LogP contribution in [0.25, 0.3) is 10.9 Å². The lowest BCUT2D eigenvalue weighted by Crippen LogP contribution is -1.76. The lowest BCUT2D eigenvalue weighted by atomic mass is 10.2. The van der Waals surface area contributed by atoms with E-state index in [1.807, 2.05) is 43.6 Å². The molecule has 15 heavy (non-hydrogen) atoms. The van der Waals surface area contributed by atoms with Gasteiger partial charge in [-0.05, 0) is 25.1 Å². The van der Waals surface area contributed by atoms with Gasteiger partial charge in [-0.3, -0.25) is 4.99 Å². The second-order valence-corrected chi connectivity index (χ2v) is 3.75. The summed E-state index contributed by atoms with van der Waals surface area (Å²) in [5, 5.41) is 1.15. The van der Waals surface area contributed by atoms with Crippen LogP contribution in [0.3, 0.4) is 0 Å². The molecule has 2 rings (SSSR count). The molecule has 1 aromatic heterocycles. The van der Waals surface area contributed by atoms with Gasteiger partial charge in [0.2, 0.25) is 0 Å². The van der Waals surface area contributed by atoms with E-state index in [0.717, 1.165) is 21.4 Å². The zero-order valence-electron chi connectivity index (χ0n) is 8.44. The van der Waals surface area contributed by atoms with E-state index < -0.39 is 0 Å². The van der Waals surface area contributed by atoms with E-state index in [2.05, 4.69) is 22.6 Å². The van der Waals surface area contributed by atoms with E-state index in [9.17, 15) is 0 Å². The molecule has 3 heteroatoms. The van der Waals surface area contributed by atoms with Crippen LogP contribution in [0.1, 0.15) is 12.5 Å². The Morgan fingerprint density at radius 2 is 2.27 bits per heavy atom. The minimum atomic E-state index is 0.961. The summed E-state index contributed by atoms with van der Waals surface area (Å²) in [5.74, 6) is 0. The number of hydrogen-bond acceptors (Lipinski definition) is 2. The average molecular weight is 216 g/mol. The number of aromatic nitrogens is 1. The summed E-state index contributed by atoms with van der Waals surface area (Å²) in [6.45, 7) is 1.94. The Bertz CT molecular complexity index is 523. The molecule has 0 amide bonds. The lowest BCUT2D eigenvalue weighted by Gasteiger charge is -1.93. The summed E-state index contributed by atoms with van der Waals surface area (Å²) in [6, 6.07) is 6.02. The van der Waals surface area contributed by atoms with Crippen LogP contribution >= 0.6 is 12.6 Å². The van der Waals surface area contributed by atoms with Crippen LogP contribution in [0, 0.1) is 0 Å². The van der Waals surface area contributed by atoms with Gasteiger partial charge in [0, 0.05) is 40.0 Å². The number of benzene rings is 1. The molecule has 2 aromatic rings. The van der Waals surface area contributed by atoms with Crippen LogP contribution < -0.4 is 0 Å². The summed E-state index contributed by atoms with van der Waals surface area (Å²) >= 11 is 4.32. The zero-order valence-corrected chi connectivity index (χ0v) is 9.33. The maximum Gasteiger partial charge on any atom is 0.0461 e. The van der Waals surface area contributed by atoms with E-state index in [0.29, 0.717) is 0 Å². The number of aromatic amines is 1. The summed E-state index contributed by atoms with van der Waals surface area (Å²) in [4.78, 5) is 8.32. The van der Waals surface area contributed by atoms with Crippen LogP contribution in [0.2, 0.25) is 0 Å². The van der Waals surface area contributed by atoms with E-state index in [-0.39, 0.29) is 0 Å². The second kappa shape index (κ2) is 4.36. The predicted octanol–water partition coefficient (Wildman–Crippen LogP) is 3.41. The van der Waals surface area contributed by atoms with Gasteiger partial charge in [-0.1, -0.05) is 6.08 Å². The number of nitrogens with one attached hydrogen (secondary N) is 1. The van der Waals surface area contributed by atoms with Gasteiger partial charge in [0.1, 0.15) is 0 Å². The molecule has 0 fully saturated rings. The molecular formula is C12H12N2S. The molecule has 1 aromatic carbocycles. The number of fused-ring (bicyclic) bond motifs is 1. The second-order valence-electron chi connectivity index (χ2n) is 3.23. The molecule has 0 spiro atoms. The monoisotopic (exact) mass is 216 g/mol. The normalized spacial score (nSPS) is 12.1. The highest BCUT2D eigenvalue weighted by Crippen LogP contribution is 2.20. The van der Waals surface area contributed by atoms with Crippen molar-refractivity contribution in [3.63, 3.8) is 0 Å². The van der Waals surface area contributed by atoms with E-state index in [1.54, 1.807) is 6.20 Å². The largest absolute Gasteiger partial charge is 0.361 e. The first-order valence-electron chi connectivity index (χ1n) is 4.75. The highest BCUT2D eigenvalue weighted by Gasteiger charge is 2.00. The number of thiol groups is 1. The Hall–Kier alpha value is -1.48. The summed E-state index contributed by atoms with van der Waals surface area (Å²) < 4.78 is 0. The molecule has 0 aliphatic heterocycles. The first kappa shape index (κ1) is 10.1. The van der Waals surface area contributed by atoms with Gasteiger partial charge in [0.05, 0.1) is 0 Å². The van der Waals surface area contributed by atoms with Crippen LogP contribution in [-0.4, -0.2) is 11.2 Å². The highest BCUT2D eigenvalue weighted by molar-refractivity contribution is 7.80. The predicted molar refractivity (Wildman–Crippen MR) is 68.0 cm³/mol. The first-order chi connectivity index (χ1) is 7.31. The fourth-order valence-corrected chi connectivity index (χ4v) is 1.65. The molecule has 0 aliphatic carbocycles. The molecule has 0 atom stereocenters. The Kier molecular flexibility index (Phi) is 2.92. The van der Waals surface area contributed by atoms with Crippen LogP contribution in [0.4, 0.5) is 0 Å².